The van der Waals surface area contributed by atoms with Crippen LogP contribution in [0.15, 0.2) is 30.5 Å². The molecular formula is C15H18N6O3S. The van der Waals surface area contributed by atoms with E-state index in [-0.39, 0.29) is 29.4 Å². The van der Waals surface area contributed by atoms with Crippen molar-refractivity contribution in [2.75, 3.05) is 27.5 Å². The van der Waals surface area contributed by atoms with Gasteiger partial charge in [0.15, 0.2) is 15.7 Å². The quantitative estimate of drug-likeness (QED) is 0.724. The highest BCUT2D eigenvalue weighted by molar-refractivity contribution is 7.91. The van der Waals surface area contributed by atoms with Gasteiger partial charge in [-0.1, -0.05) is 0 Å². The predicted molar refractivity (Wildman–Crippen MR) is 94.5 cm³/mol. The standard InChI is InChI=1S/C15H18N6O3S/c1-10(22)17-11-2-4-12(5-3-11)18-14-8-16-21-15(20-14)19-13-6-7-25(23,24)9-13/h2-5,8,13H,6-7,9H2,1H3,(H,17,22)(H2,18,19,20,21). The van der Waals surface area contributed by atoms with Crippen LogP contribution in [0.1, 0.15) is 13.3 Å². The average molecular weight is 362 g/mol. The molecule has 2 heterocycles. The summed E-state index contributed by atoms with van der Waals surface area (Å²) in [5.74, 6) is 0.882. The van der Waals surface area contributed by atoms with Gasteiger partial charge in [0.1, 0.15) is 0 Å². The maximum Gasteiger partial charge on any atom is 0.244 e. The highest BCUT2D eigenvalue weighted by atomic mass is 32.2. The molecule has 1 aliphatic heterocycles. The molecule has 1 aromatic heterocycles. The van der Waals surface area contributed by atoms with Crippen molar-refractivity contribution in [1.29, 1.82) is 0 Å². The number of aromatic nitrogens is 3. The van der Waals surface area contributed by atoms with Crippen LogP contribution < -0.4 is 16.0 Å². The van der Waals surface area contributed by atoms with Crippen LogP contribution in [0.2, 0.25) is 0 Å². The zero-order valence-electron chi connectivity index (χ0n) is 13.6. The molecule has 0 spiro atoms. The van der Waals surface area contributed by atoms with E-state index in [1.807, 2.05) is 0 Å². The minimum atomic E-state index is -2.97. The number of carbonyl (C=O) groups excluding carboxylic acids is 1. The van der Waals surface area contributed by atoms with Crippen molar-refractivity contribution in [3.63, 3.8) is 0 Å². The molecule has 9 nitrogen and oxygen atoms in total. The zero-order valence-corrected chi connectivity index (χ0v) is 14.4. The molecule has 1 unspecified atom stereocenters. The summed E-state index contributed by atoms with van der Waals surface area (Å²) in [7, 11) is -2.97. The Bertz CT molecular complexity index is 869. The molecule has 1 aliphatic rings. The van der Waals surface area contributed by atoms with Gasteiger partial charge in [-0.25, -0.2) is 8.42 Å². The summed E-state index contributed by atoms with van der Waals surface area (Å²) in [6, 6.07) is 6.93. The van der Waals surface area contributed by atoms with Gasteiger partial charge in [-0.3, -0.25) is 4.79 Å². The van der Waals surface area contributed by atoms with E-state index in [0.717, 1.165) is 5.69 Å². The molecule has 1 aromatic carbocycles. The second-order valence-electron chi connectivity index (χ2n) is 5.79. The highest BCUT2D eigenvalue weighted by Crippen LogP contribution is 2.19. The lowest BCUT2D eigenvalue weighted by Crippen LogP contribution is -2.22. The van der Waals surface area contributed by atoms with Gasteiger partial charge in [0.25, 0.3) is 0 Å². The molecule has 0 saturated carbocycles. The lowest BCUT2D eigenvalue weighted by Gasteiger charge is -2.11. The van der Waals surface area contributed by atoms with E-state index < -0.39 is 9.84 Å². The summed E-state index contributed by atoms with van der Waals surface area (Å²) in [6.07, 6.45) is 2.01. The molecule has 132 valence electrons. The van der Waals surface area contributed by atoms with Crippen molar-refractivity contribution in [2.24, 2.45) is 0 Å². The Morgan fingerprint density at radius 2 is 1.92 bits per heavy atom. The van der Waals surface area contributed by atoms with E-state index in [9.17, 15) is 13.2 Å². The first kappa shape index (κ1) is 17.1. The van der Waals surface area contributed by atoms with Gasteiger partial charge >= 0.3 is 0 Å². The van der Waals surface area contributed by atoms with Crippen molar-refractivity contribution >= 4 is 38.9 Å². The molecule has 25 heavy (non-hydrogen) atoms. The number of carbonyl (C=O) groups is 1. The van der Waals surface area contributed by atoms with Gasteiger partial charge in [-0.15, -0.1) is 5.10 Å². The largest absolute Gasteiger partial charge is 0.349 e. The topological polar surface area (TPSA) is 126 Å². The van der Waals surface area contributed by atoms with Crippen molar-refractivity contribution in [3.8, 4) is 0 Å². The molecule has 10 heteroatoms. The van der Waals surface area contributed by atoms with E-state index in [0.29, 0.717) is 17.9 Å². The average Bonchev–Trinajstić information content (AvgIpc) is 2.88. The summed E-state index contributed by atoms with van der Waals surface area (Å²) in [4.78, 5) is 15.3. The maximum absolute atomic E-state index is 11.5. The Hall–Kier alpha value is -2.75. The second kappa shape index (κ2) is 7.01. The number of benzene rings is 1. The van der Waals surface area contributed by atoms with Crippen LogP contribution in [0.25, 0.3) is 0 Å². The van der Waals surface area contributed by atoms with Crippen molar-refractivity contribution in [2.45, 2.75) is 19.4 Å². The third-order valence-electron chi connectivity index (χ3n) is 3.60. The molecular weight excluding hydrogens is 344 g/mol. The van der Waals surface area contributed by atoms with Gasteiger partial charge in [0, 0.05) is 24.3 Å². The van der Waals surface area contributed by atoms with E-state index >= 15 is 0 Å². The number of hydrogen-bond acceptors (Lipinski definition) is 8. The first-order chi connectivity index (χ1) is 11.9. The number of nitrogens with one attached hydrogen (secondary N) is 3. The number of anilines is 4. The van der Waals surface area contributed by atoms with Crippen LogP contribution in [0.3, 0.4) is 0 Å². The fraction of sp³-hybridized carbons (Fsp3) is 0.333. The molecule has 1 amide bonds. The Balaban J connectivity index is 1.64. The van der Waals surface area contributed by atoms with Gasteiger partial charge < -0.3 is 16.0 Å². The molecule has 1 fully saturated rings. The molecule has 1 saturated heterocycles. The third-order valence-corrected chi connectivity index (χ3v) is 5.37. The van der Waals surface area contributed by atoms with Crippen molar-refractivity contribution < 1.29 is 13.2 Å². The summed E-state index contributed by atoms with van der Waals surface area (Å²) < 4.78 is 23.0. The summed E-state index contributed by atoms with van der Waals surface area (Å²) in [5, 5.41) is 16.5. The monoisotopic (exact) mass is 362 g/mol. The minimum Gasteiger partial charge on any atom is -0.349 e. The smallest absolute Gasteiger partial charge is 0.244 e. The van der Waals surface area contributed by atoms with Crippen LogP contribution in [-0.2, 0) is 14.6 Å². The first-order valence-electron chi connectivity index (χ1n) is 7.71. The predicted octanol–water partition coefficient (Wildman–Crippen LogP) is 1.17. The Morgan fingerprint density at radius 1 is 1.20 bits per heavy atom. The summed E-state index contributed by atoms with van der Waals surface area (Å²) in [5.41, 5.74) is 1.47. The Kier molecular flexibility index (Phi) is 4.79. The van der Waals surface area contributed by atoms with Crippen molar-refractivity contribution in [3.05, 3.63) is 30.5 Å². The Labute approximate surface area is 145 Å². The molecule has 0 radical (unpaired) electrons. The lowest BCUT2D eigenvalue weighted by molar-refractivity contribution is -0.114. The SMILES string of the molecule is CC(=O)Nc1ccc(Nc2cnnc(NC3CCS(=O)(=O)C3)n2)cc1. The number of hydrogen-bond donors (Lipinski definition) is 3. The fourth-order valence-corrected chi connectivity index (χ4v) is 4.18. The highest BCUT2D eigenvalue weighted by Gasteiger charge is 2.28. The molecule has 3 N–H and O–H groups in total. The maximum atomic E-state index is 11.5. The lowest BCUT2D eigenvalue weighted by atomic mass is 10.2. The van der Waals surface area contributed by atoms with E-state index in [1.165, 1.54) is 13.1 Å². The van der Waals surface area contributed by atoms with Gasteiger partial charge in [-0.05, 0) is 30.7 Å². The summed E-state index contributed by atoms with van der Waals surface area (Å²) >= 11 is 0. The van der Waals surface area contributed by atoms with Gasteiger partial charge in [-0.2, -0.15) is 10.1 Å². The van der Waals surface area contributed by atoms with Crippen LogP contribution >= 0.6 is 0 Å². The number of sulfone groups is 1. The van der Waals surface area contributed by atoms with Crippen LogP contribution in [0.4, 0.5) is 23.1 Å². The van der Waals surface area contributed by atoms with Gasteiger partial charge in [0.2, 0.25) is 11.9 Å². The van der Waals surface area contributed by atoms with Crippen LogP contribution in [-0.4, -0.2) is 47.1 Å². The first-order valence-corrected chi connectivity index (χ1v) is 9.53. The van der Waals surface area contributed by atoms with Crippen molar-refractivity contribution in [1.82, 2.24) is 15.2 Å². The zero-order chi connectivity index (χ0) is 17.9. The number of rotatable bonds is 5. The number of nitrogens with zero attached hydrogens (tertiary/aromatic N) is 3. The normalized spacial score (nSPS) is 18.5. The molecule has 0 bridgehead atoms. The fourth-order valence-electron chi connectivity index (χ4n) is 2.50. The Morgan fingerprint density at radius 3 is 2.56 bits per heavy atom. The number of amides is 1. The second-order valence-corrected chi connectivity index (χ2v) is 8.02. The van der Waals surface area contributed by atoms with Gasteiger partial charge in [0.05, 0.1) is 17.7 Å². The molecule has 3 rings (SSSR count). The van der Waals surface area contributed by atoms with E-state index in [1.54, 1.807) is 24.3 Å². The minimum absolute atomic E-state index is 0.0820. The molecule has 0 aliphatic carbocycles. The molecule has 1 atom stereocenters. The van der Waals surface area contributed by atoms with E-state index in [2.05, 4.69) is 31.1 Å². The van der Waals surface area contributed by atoms with Crippen LogP contribution in [0, 0.1) is 0 Å². The third kappa shape index (κ3) is 4.86. The summed E-state index contributed by atoms with van der Waals surface area (Å²) in [6.45, 7) is 1.45. The van der Waals surface area contributed by atoms with E-state index in [4.69, 9.17) is 0 Å². The molecule has 2 aromatic rings. The van der Waals surface area contributed by atoms with Crippen LogP contribution in [0.5, 0.6) is 0 Å².